The summed E-state index contributed by atoms with van der Waals surface area (Å²) in [5.41, 5.74) is 2.60. The average Bonchev–Trinajstić information content (AvgIpc) is 3.33. The van der Waals surface area contributed by atoms with Gasteiger partial charge in [-0.2, -0.15) is 5.10 Å². The summed E-state index contributed by atoms with van der Waals surface area (Å²) in [5.74, 6) is -0.165. The number of likely N-dealkylation sites (N-methyl/N-ethyl adjacent to an activating group) is 1. The fourth-order valence-corrected chi connectivity index (χ4v) is 4.83. The number of aryl methyl sites for hydroxylation is 2. The van der Waals surface area contributed by atoms with Gasteiger partial charge in [-0.05, 0) is 43.0 Å². The first-order valence-electron chi connectivity index (χ1n) is 12.3. The van der Waals surface area contributed by atoms with E-state index in [9.17, 15) is 14.4 Å². The smallest absolute Gasteiger partial charge is 0.325 e. The summed E-state index contributed by atoms with van der Waals surface area (Å²) in [7, 11) is 5.14. The van der Waals surface area contributed by atoms with Gasteiger partial charge in [-0.15, -0.1) is 0 Å². The van der Waals surface area contributed by atoms with E-state index in [1.165, 1.54) is 4.90 Å². The monoisotopic (exact) mass is 503 g/mol. The van der Waals surface area contributed by atoms with E-state index in [0.29, 0.717) is 24.5 Å². The molecule has 1 saturated heterocycles. The van der Waals surface area contributed by atoms with Crippen LogP contribution in [-0.2, 0) is 23.1 Å². The number of amides is 4. The zero-order chi connectivity index (χ0) is 26.7. The van der Waals surface area contributed by atoms with Crippen LogP contribution < -0.4 is 15.5 Å². The number of rotatable bonds is 8. The number of nitrogens with zero attached hydrogens (tertiary/aromatic N) is 5. The molecule has 37 heavy (non-hydrogen) atoms. The highest BCUT2D eigenvalue weighted by atomic mass is 16.2. The molecule has 0 spiro atoms. The average molecular weight is 504 g/mol. The maximum absolute atomic E-state index is 13.7. The van der Waals surface area contributed by atoms with Gasteiger partial charge in [0, 0.05) is 32.9 Å². The molecule has 2 N–H and O–H groups in total. The van der Waals surface area contributed by atoms with Crippen LogP contribution >= 0.6 is 0 Å². The van der Waals surface area contributed by atoms with Crippen molar-refractivity contribution in [3.05, 3.63) is 71.5 Å². The van der Waals surface area contributed by atoms with E-state index in [1.54, 1.807) is 38.1 Å². The third kappa shape index (κ3) is 5.18. The van der Waals surface area contributed by atoms with Gasteiger partial charge < -0.3 is 10.6 Å². The minimum absolute atomic E-state index is 0.285. The number of β-lactam (4-membered cyclic amide) rings is 1. The lowest BCUT2D eigenvalue weighted by atomic mass is 9.81. The largest absolute Gasteiger partial charge is 0.373 e. The van der Waals surface area contributed by atoms with Crippen molar-refractivity contribution in [2.75, 3.05) is 24.3 Å². The minimum Gasteiger partial charge on any atom is -0.373 e. The maximum Gasteiger partial charge on any atom is 0.325 e. The maximum atomic E-state index is 13.7. The molecule has 3 atom stereocenters. The molecule has 0 bridgehead atoms. The van der Waals surface area contributed by atoms with Gasteiger partial charge in [0.15, 0.2) is 0 Å². The van der Waals surface area contributed by atoms with Crippen LogP contribution in [0.2, 0.25) is 0 Å². The number of imide groups is 1. The Kier molecular flexibility index (Phi) is 7.56. The van der Waals surface area contributed by atoms with Gasteiger partial charge in [0.25, 0.3) is 5.91 Å². The number of benzene rings is 1. The highest BCUT2D eigenvalue weighted by Crippen LogP contribution is 2.33. The molecular formula is C27H33N7O3. The second-order valence-corrected chi connectivity index (χ2v) is 9.25. The molecule has 3 heterocycles. The van der Waals surface area contributed by atoms with E-state index in [-0.39, 0.29) is 17.9 Å². The third-order valence-electron chi connectivity index (χ3n) is 6.79. The Labute approximate surface area is 216 Å². The summed E-state index contributed by atoms with van der Waals surface area (Å²) in [6.45, 7) is 3.84. The van der Waals surface area contributed by atoms with Crippen molar-refractivity contribution >= 4 is 29.5 Å². The number of hydrogen-bond donors (Lipinski definition) is 2. The molecule has 4 rings (SSSR count). The van der Waals surface area contributed by atoms with E-state index >= 15 is 0 Å². The summed E-state index contributed by atoms with van der Waals surface area (Å²) in [5, 5.41) is 10.1. The molecule has 4 amide bonds. The standard InChI is InChI=1S/C27H33N7O3/c1-6-21(19-10-8-7-9-11-19)31-27(37)34-24(26(36)32(4)23-12-13-29-33(23)5)20(25(34)35)15-18-14-17(2)30-22(16-18)28-3/h7-14,16,20-21,24H,6,15H2,1-5H3,(H,28,30)(H,31,37)/t20-,21?,24+/m1/s1. The number of urea groups is 1. The topological polar surface area (TPSA) is 112 Å². The van der Waals surface area contributed by atoms with Crippen LogP contribution in [-0.4, -0.2) is 57.6 Å². The van der Waals surface area contributed by atoms with Crippen LogP contribution in [0.4, 0.5) is 16.4 Å². The number of pyridine rings is 1. The third-order valence-corrected chi connectivity index (χ3v) is 6.79. The number of carbonyl (C=O) groups excluding carboxylic acids is 3. The normalized spacial score (nSPS) is 17.6. The van der Waals surface area contributed by atoms with Gasteiger partial charge in [0.1, 0.15) is 17.7 Å². The lowest BCUT2D eigenvalue weighted by Crippen LogP contribution is -2.70. The first kappa shape index (κ1) is 25.9. The number of nitrogens with one attached hydrogen (secondary N) is 2. The molecule has 194 valence electrons. The van der Waals surface area contributed by atoms with Crippen LogP contribution in [0, 0.1) is 12.8 Å². The molecule has 3 aromatic rings. The molecular weight excluding hydrogens is 470 g/mol. The van der Waals surface area contributed by atoms with E-state index in [0.717, 1.165) is 21.7 Å². The van der Waals surface area contributed by atoms with Crippen molar-refractivity contribution in [2.24, 2.45) is 13.0 Å². The predicted molar refractivity (Wildman–Crippen MR) is 141 cm³/mol. The van der Waals surface area contributed by atoms with E-state index in [1.807, 2.05) is 56.3 Å². The zero-order valence-electron chi connectivity index (χ0n) is 21.8. The van der Waals surface area contributed by atoms with Gasteiger partial charge in [0.05, 0.1) is 18.2 Å². The quantitative estimate of drug-likeness (QED) is 0.457. The number of anilines is 2. The SMILES string of the molecule is CCC(NC(=O)N1C(=O)[C@H](Cc2cc(C)nc(NC)c2)[C@H]1C(=O)N(C)c1ccnn1C)c1ccccc1. The van der Waals surface area contributed by atoms with Crippen molar-refractivity contribution < 1.29 is 14.4 Å². The van der Waals surface area contributed by atoms with Gasteiger partial charge in [-0.25, -0.2) is 9.78 Å². The minimum atomic E-state index is -0.952. The number of aromatic nitrogens is 3. The number of likely N-dealkylation sites (tertiary alicyclic amines) is 1. The summed E-state index contributed by atoms with van der Waals surface area (Å²) in [4.78, 5) is 47.5. The number of carbonyl (C=O) groups is 3. The Morgan fingerprint density at radius 2 is 1.89 bits per heavy atom. The summed E-state index contributed by atoms with van der Waals surface area (Å²) in [6, 6.07) is 13.2. The molecule has 0 saturated carbocycles. The summed E-state index contributed by atoms with van der Waals surface area (Å²) in [6.07, 6.45) is 2.54. The first-order valence-corrected chi connectivity index (χ1v) is 12.3. The molecule has 1 fully saturated rings. The lowest BCUT2D eigenvalue weighted by molar-refractivity contribution is -0.156. The van der Waals surface area contributed by atoms with Crippen molar-refractivity contribution in [3.8, 4) is 0 Å². The second kappa shape index (κ2) is 10.8. The van der Waals surface area contributed by atoms with E-state index in [4.69, 9.17) is 0 Å². The Balaban J connectivity index is 1.62. The molecule has 10 nitrogen and oxygen atoms in total. The molecule has 0 aliphatic carbocycles. The van der Waals surface area contributed by atoms with Crippen LogP contribution in [0.15, 0.2) is 54.7 Å². The van der Waals surface area contributed by atoms with Crippen LogP contribution in [0.5, 0.6) is 0 Å². The predicted octanol–water partition coefficient (Wildman–Crippen LogP) is 3.06. The molecule has 10 heteroatoms. The Bertz CT molecular complexity index is 1290. The summed E-state index contributed by atoms with van der Waals surface area (Å²) < 4.78 is 1.58. The van der Waals surface area contributed by atoms with Crippen molar-refractivity contribution in [3.63, 3.8) is 0 Å². The van der Waals surface area contributed by atoms with Gasteiger partial charge >= 0.3 is 6.03 Å². The Morgan fingerprint density at radius 1 is 1.16 bits per heavy atom. The zero-order valence-corrected chi connectivity index (χ0v) is 21.8. The number of hydrogen-bond acceptors (Lipinski definition) is 6. The molecule has 1 aliphatic rings. The first-order chi connectivity index (χ1) is 17.7. The second-order valence-electron chi connectivity index (χ2n) is 9.25. The Hall–Kier alpha value is -4.21. The fraction of sp³-hybridized carbons (Fsp3) is 0.370. The van der Waals surface area contributed by atoms with Gasteiger partial charge in [-0.1, -0.05) is 37.3 Å². The molecule has 1 aliphatic heterocycles. The van der Waals surface area contributed by atoms with Crippen molar-refractivity contribution in [2.45, 2.75) is 38.8 Å². The van der Waals surface area contributed by atoms with Crippen LogP contribution in [0.3, 0.4) is 0 Å². The summed E-state index contributed by atoms with van der Waals surface area (Å²) >= 11 is 0. The lowest BCUT2D eigenvalue weighted by Gasteiger charge is -2.46. The van der Waals surface area contributed by atoms with Crippen LogP contribution in [0.1, 0.15) is 36.2 Å². The Morgan fingerprint density at radius 3 is 2.51 bits per heavy atom. The van der Waals surface area contributed by atoms with Crippen molar-refractivity contribution in [1.29, 1.82) is 0 Å². The molecule has 2 aromatic heterocycles. The van der Waals surface area contributed by atoms with E-state index in [2.05, 4.69) is 20.7 Å². The van der Waals surface area contributed by atoms with Crippen LogP contribution in [0.25, 0.3) is 0 Å². The van der Waals surface area contributed by atoms with E-state index < -0.39 is 18.0 Å². The highest BCUT2D eigenvalue weighted by molar-refractivity contribution is 6.12. The molecule has 1 aromatic carbocycles. The highest BCUT2D eigenvalue weighted by Gasteiger charge is 2.55. The fourth-order valence-electron chi connectivity index (χ4n) is 4.83. The van der Waals surface area contributed by atoms with Crippen molar-refractivity contribution in [1.82, 2.24) is 25.0 Å². The molecule has 1 unspecified atom stereocenters. The molecule has 0 radical (unpaired) electrons. The van der Waals surface area contributed by atoms with Gasteiger partial charge in [-0.3, -0.25) is 24.1 Å². The van der Waals surface area contributed by atoms with Gasteiger partial charge in [0.2, 0.25) is 5.91 Å².